The van der Waals surface area contributed by atoms with Crippen LogP contribution in [0.25, 0.3) is 0 Å². The molecule has 1 saturated carbocycles. The number of carbonyl (C=O) groups is 1. The summed E-state index contributed by atoms with van der Waals surface area (Å²) in [5.74, 6) is 0.296. The van der Waals surface area contributed by atoms with Gasteiger partial charge in [-0.2, -0.15) is 0 Å². The summed E-state index contributed by atoms with van der Waals surface area (Å²) in [6.45, 7) is 6.29. The van der Waals surface area contributed by atoms with Gasteiger partial charge in [-0.1, -0.05) is 11.6 Å². The molecule has 0 atom stereocenters. The van der Waals surface area contributed by atoms with Gasteiger partial charge in [0.25, 0.3) is 5.91 Å². The summed E-state index contributed by atoms with van der Waals surface area (Å²) in [7, 11) is 0. The van der Waals surface area contributed by atoms with Crippen molar-refractivity contribution in [2.45, 2.75) is 19.8 Å². The van der Waals surface area contributed by atoms with E-state index in [1.165, 1.54) is 25.5 Å². The summed E-state index contributed by atoms with van der Waals surface area (Å²) in [6, 6.07) is 4.72. The molecular formula is C16H21FN2O. The highest BCUT2D eigenvalue weighted by Crippen LogP contribution is 2.30. The highest BCUT2D eigenvalue weighted by molar-refractivity contribution is 5.94. The van der Waals surface area contributed by atoms with Crippen molar-refractivity contribution in [3.63, 3.8) is 0 Å². The zero-order valence-electron chi connectivity index (χ0n) is 11.9. The van der Waals surface area contributed by atoms with Gasteiger partial charge in [0.1, 0.15) is 5.82 Å². The number of nitrogens with zero attached hydrogens (tertiary/aromatic N) is 2. The van der Waals surface area contributed by atoms with E-state index in [0.29, 0.717) is 13.1 Å². The summed E-state index contributed by atoms with van der Waals surface area (Å²) in [5.41, 5.74) is 1.13. The first-order chi connectivity index (χ1) is 9.63. The predicted octanol–water partition coefficient (Wildman–Crippen LogP) is 2.30. The molecular weight excluding hydrogens is 255 g/mol. The molecule has 3 nitrogen and oxygen atoms in total. The van der Waals surface area contributed by atoms with Crippen LogP contribution in [0, 0.1) is 18.7 Å². The fraction of sp³-hybridized carbons (Fsp3) is 0.562. The molecule has 0 N–H and O–H groups in total. The van der Waals surface area contributed by atoms with Crippen LogP contribution in [0.15, 0.2) is 18.2 Å². The number of carbonyl (C=O) groups excluding carboxylic acids is 1. The number of hydrogen-bond donors (Lipinski definition) is 0. The number of amides is 1. The largest absolute Gasteiger partial charge is 0.336 e. The molecule has 4 heteroatoms. The van der Waals surface area contributed by atoms with E-state index < -0.39 is 5.82 Å². The van der Waals surface area contributed by atoms with E-state index in [2.05, 4.69) is 4.90 Å². The van der Waals surface area contributed by atoms with Gasteiger partial charge >= 0.3 is 0 Å². The number of piperazine rings is 1. The van der Waals surface area contributed by atoms with Gasteiger partial charge in [0.05, 0.1) is 5.56 Å². The van der Waals surface area contributed by atoms with Gasteiger partial charge in [0.2, 0.25) is 0 Å². The molecule has 0 radical (unpaired) electrons. The third-order valence-corrected chi connectivity index (χ3v) is 4.23. The highest BCUT2D eigenvalue weighted by atomic mass is 19.1. The van der Waals surface area contributed by atoms with Gasteiger partial charge < -0.3 is 4.90 Å². The molecule has 1 heterocycles. The number of benzene rings is 1. The Balaban J connectivity index is 1.61. The molecule has 0 bridgehead atoms. The van der Waals surface area contributed by atoms with E-state index >= 15 is 0 Å². The lowest BCUT2D eigenvalue weighted by molar-refractivity contribution is 0.0627. The maximum Gasteiger partial charge on any atom is 0.256 e. The number of hydrogen-bond acceptors (Lipinski definition) is 2. The van der Waals surface area contributed by atoms with E-state index in [1.54, 1.807) is 17.0 Å². The lowest BCUT2D eigenvalue weighted by Crippen LogP contribution is -2.49. The zero-order chi connectivity index (χ0) is 14.1. The zero-order valence-corrected chi connectivity index (χ0v) is 11.9. The molecule has 1 aromatic rings. The molecule has 1 aromatic carbocycles. The Morgan fingerprint density at radius 3 is 2.60 bits per heavy atom. The second kappa shape index (κ2) is 5.52. The Kier molecular flexibility index (Phi) is 3.74. The second-order valence-corrected chi connectivity index (χ2v) is 6.02. The van der Waals surface area contributed by atoms with E-state index in [1.807, 2.05) is 6.92 Å². The second-order valence-electron chi connectivity index (χ2n) is 6.02. The van der Waals surface area contributed by atoms with Gasteiger partial charge in [-0.3, -0.25) is 9.69 Å². The highest BCUT2D eigenvalue weighted by Gasteiger charge is 2.28. The van der Waals surface area contributed by atoms with Crippen molar-refractivity contribution < 1.29 is 9.18 Å². The first kappa shape index (κ1) is 13.6. The van der Waals surface area contributed by atoms with Crippen LogP contribution in [-0.4, -0.2) is 48.4 Å². The third-order valence-electron chi connectivity index (χ3n) is 4.23. The minimum Gasteiger partial charge on any atom is -0.336 e. The van der Waals surface area contributed by atoms with E-state index in [-0.39, 0.29) is 11.5 Å². The summed E-state index contributed by atoms with van der Waals surface area (Å²) in [4.78, 5) is 16.6. The van der Waals surface area contributed by atoms with Crippen molar-refractivity contribution in [3.05, 3.63) is 35.1 Å². The quantitative estimate of drug-likeness (QED) is 0.846. The van der Waals surface area contributed by atoms with Crippen LogP contribution in [0.5, 0.6) is 0 Å². The smallest absolute Gasteiger partial charge is 0.256 e. The van der Waals surface area contributed by atoms with Gasteiger partial charge in [-0.15, -0.1) is 0 Å². The van der Waals surface area contributed by atoms with Gasteiger partial charge in [-0.25, -0.2) is 4.39 Å². The molecule has 1 aliphatic carbocycles. The topological polar surface area (TPSA) is 23.6 Å². The van der Waals surface area contributed by atoms with Crippen LogP contribution in [0.2, 0.25) is 0 Å². The van der Waals surface area contributed by atoms with Crippen LogP contribution in [-0.2, 0) is 0 Å². The van der Waals surface area contributed by atoms with Crippen molar-refractivity contribution in [1.29, 1.82) is 0 Å². The van der Waals surface area contributed by atoms with E-state index in [9.17, 15) is 9.18 Å². The molecule has 20 heavy (non-hydrogen) atoms. The van der Waals surface area contributed by atoms with Crippen molar-refractivity contribution in [2.75, 3.05) is 32.7 Å². The third kappa shape index (κ3) is 3.01. The summed E-state index contributed by atoms with van der Waals surface area (Å²) in [6.07, 6.45) is 2.71. The molecule has 108 valence electrons. The summed E-state index contributed by atoms with van der Waals surface area (Å²) < 4.78 is 13.8. The average Bonchev–Trinajstić information content (AvgIpc) is 3.26. The minimum atomic E-state index is -0.416. The van der Waals surface area contributed by atoms with Gasteiger partial charge in [0, 0.05) is 32.7 Å². The Hall–Kier alpha value is -1.42. The van der Waals surface area contributed by atoms with Crippen LogP contribution in [0.4, 0.5) is 4.39 Å². The SMILES string of the molecule is Cc1ccc(F)c(C(=O)N2CCN(CC3CC3)CC2)c1. The lowest BCUT2D eigenvalue weighted by Gasteiger charge is -2.34. The van der Waals surface area contributed by atoms with Crippen molar-refractivity contribution in [1.82, 2.24) is 9.80 Å². The molecule has 2 aliphatic rings. The van der Waals surface area contributed by atoms with E-state index in [4.69, 9.17) is 0 Å². The Labute approximate surface area is 119 Å². The fourth-order valence-electron chi connectivity index (χ4n) is 2.77. The van der Waals surface area contributed by atoms with Crippen LogP contribution >= 0.6 is 0 Å². The predicted molar refractivity (Wildman–Crippen MR) is 76.2 cm³/mol. The first-order valence-corrected chi connectivity index (χ1v) is 7.41. The van der Waals surface area contributed by atoms with Crippen LogP contribution in [0.1, 0.15) is 28.8 Å². The summed E-state index contributed by atoms with van der Waals surface area (Å²) in [5, 5.41) is 0. The van der Waals surface area contributed by atoms with Crippen molar-refractivity contribution >= 4 is 5.91 Å². The molecule has 3 rings (SSSR count). The van der Waals surface area contributed by atoms with E-state index in [0.717, 1.165) is 24.6 Å². The van der Waals surface area contributed by atoms with Crippen LogP contribution < -0.4 is 0 Å². The molecule has 1 saturated heterocycles. The molecule has 2 fully saturated rings. The summed E-state index contributed by atoms with van der Waals surface area (Å²) >= 11 is 0. The standard InChI is InChI=1S/C16H21FN2O/c1-12-2-5-15(17)14(10-12)16(20)19-8-6-18(7-9-19)11-13-3-4-13/h2,5,10,13H,3-4,6-9,11H2,1H3. The van der Waals surface area contributed by atoms with Crippen molar-refractivity contribution in [2.24, 2.45) is 5.92 Å². The fourth-order valence-corrected chi connectivity index (χ4v) is 2.77. The molecule has 0 aromatic heterocycles. The maximum absolute atomic E-state index is 13.8. The monoisotopic (exact) mass is 276 g/mol. The molecule has 1 aliphatic heterocycles. The number of rotatable bonds is 3. The molecule has 0 unspecified atom stereocenters. The average molecular weight is 276 g/mol. The van der Waals surface area contributed by atoms with Crippen molar-refractivity contribution in [3.8, 4) is 0 Å². The normalized spacial score (nSPS) is 20.2. The first-order valence-electron chi connectivity index (χ1n) is 7.41. The Bertz CT molecular complexity index is 505. The van der Waals surface area contributed by atoms with Gasteiger partial charge in [-0.05, 0) is 37.8 Å². The molecule has 1 amide bonds. The number of halogens is 1. The Morgan fingerprint density at radius 2 is 1.95 bits per heavy atom. The minimum absolute atomic E-state index is 0.169. The Morgan fingerprint density at radius 1 is 1.25 bits per heavy atom. The lowest BCUT2D eigenvalue weighted by atomic mass is 10.1. The number of aryl methyl sites for hydroxylation is 1. The molecule has 0 spiro atoms. The maximum atomic E-state index is 13.8. The van der Waals surface area contributed by atoms with Gasteiger partial charge in [0.15, 0.2) is 0 Å². The van der Waals surface area contributed by atoms with Crippen LogP contribution in [0.3, 0.4) is 0 Å².